The van der Waals surface area contributed by atoms with E-state index in [1.54, 1.807) is 17.0 Å². The van der Waals surface area contributed by atoms with Crippen LogP contribution in [0.25, 0.3) is 0 Å². The van der Waals surface area contributed by atoms with E-state index in [2.05, 4.69) is 10.2 Å². The number of benzene rings is 1. The Kier molecular flexibility index (Phi) is 5.52. The number of nitrogens with zero attached hydrogens (tertiary/aromatic N) is 3. The number of halogens is 1. The van der Waals surface area contributed by atoms with Crippen LogP contribution in [0.4, 0.5) is 4.79 Å². The average Bonchev–Trinajstić information content (AvgIpc) is 3.05. The van der Waals surface area contributed by atoms with E-state index in [9.17, 15) is 13.2 Å². The molecule has 0 bridgehead atoms. The Labute approximate surface area is 153 Å². The molecule has 7 nitrogen and oxygen atoms in total. The largest absolute Gasteiger partial charge is 0.322 e. The Hall–Kier alpha value is -1.35. The van der Waals surface area contributed by atoms with Crippen molar-refractivity contribution in [3.8, 4) is 0 Å². The van der Waals surface area contributed by atoms with Crippen LogP contribution in [0.15, 0.2) is 29.2 Å². The SMILES string of the molecule is CN1CCN(C(=O)N[C@H]2CCCN2S(=O)(=O)c2ccc(Cl)cc2)CC1. The van der Waals surface area contributed by atoms with E-state index in [0.717, 1.165) is 19.5 Å². The summed E-state index contributed by atoms with van der Waals surface area (Å²) in [6.07, 6.45) is 0.833. The van der Waals surface area contributed by atoms with Crippen molar-refractivity contribution in [1.29, 1.82) is 0 Å². The van der Waals surface area contributed by atoms with Crippen LogP contribution in [-0.2, 0) is 10.0 Å². The Morgan fingerprint density at radius 3 is 2.40 bits per heavy atom. The molecule has 0 saturated carbocycles. The van der Waals surface area contributed by atoms with Crippen molar-refractivity contribution >= 4 is 27.7 Å². The third kappa shape index (κ3) is 4.08. The number of likely N-dealkylation sites (N-methyl/N-ethyl adjacent to an activating group) is 1. The zero-order valence-electron chi connectivity index (χ0n) is 14.2. The van der Waals surface area contributed by atoms with Gasteiger partial charge in [-0.05, 0) is 44.2 Å². The van der Waals surface area contributed by atoms with E-state index in [0.29, 0.717) is 31.1 Å². The standard InChI is InChI=1S/C16H23ClN4O3S/c1-19-9-11-20(12-10-19)16(22)18-15-3-2-8-21(15)25(23,24)14-6-4-13(17)5-7-14/h4-7,15H,2-3,8-12H2,1H3,(H,18,22)/t15-/m1/s1. The molecule has 25 heavy (non-hydrogen) atoms. The fraction of sp³-hybridized carbons (Fsp3) is 0.562. The summed E-state index contributed by atoms with van der Waals surface area (Å²) in [5.74, 6) is 0. The Bertz CT molecular complexity index is 717. The van der Waals surface area contributed by atoms with Gasteiger partial charge in [-0.3, -0.25) is 0 Å². The number of rotatable bonds is 3. The summed E-state index contributed by atoms with van der Waals surface area (Å²) in [5.41, 5.74) is 0. The minimum Gasteiger partial charge on any atom is -0.322 e. The lowest BCUT2D eigenvalue weighted by atomic mass is 10.3. The van der Waals surface area contributed by atoms with Crippen LogP contribution < -0.4 is 5.32 Å². The molecule has 0 aromatic heterocycles. The van der Waals surface area contributed by atoms with Gasteiger partial charge in [0.2, 0.25) is 10.0 Å². The van der Waals surface area contributed by atoms with Gasteiger partial charge in [-0.25, -0.2) is 13.2 Å². The molecular formula is C16H23ClN4O3S. The number of hydrogen-bond donors (Lipinski definition) is 1. The van der Waals surface area contributed by atoms with Gasteiger partial charge in [0.1, 0.15) is 0 Å². The smallest absolute Gasteiger partial charge is 0.318 e. The highest BCUT2D eigenvalue weighted by Crippen LogP contribution is 2.25. The predicted molar refractivity (Wildman–Crippen MR) is 96.0 cm³/mol. The van der Waals surface area contributed by atoms with Crippen molar-refractivity contribution in [3.63, 3.8) is 0 Å². The lowest BCUT2D eigenvalue weighted by molar-refractivity contribution is 0.147. The number of piperazine rings is 1. The van der Waals surface area contributed by atoms with Gasteiger partial charge in [0, 0.05) is 37.7 Å². The van der Waals surface area contributed by atoms with Gasteiger partial charge in [0.25, 0.3) is 0 Å². The Morgan fingerprint density at radius 1 is 1.12 bits per heavy atom. The Morgan fingerprint density at radius 2 is 1.76 bits per heavy atom. The first kappa shape index (κ1) is 18.4. The maximum atomic E-state index is 12.9. The molecule has 0 aliphatic carbocycles. The molecule has 0 radical (unpaired) electrons. The van der Waals surface area contributed by atoms with Crippen molar-refractivity contribution < 1.29 is 13.2 Å². The van der Waals surface area contributed by atoms with Crippen LogP contribution in [0.2, 0.25) is 5.02 Å². The highest BCUT2D eigenvalue weighted by molar-refractivity contribution is 7.89. The number of nitrogens with one attached hydrogen (secondary N) is 1. The van der Waals surface area contributed by atoms with E-state index in [-0.39, 0.29) is 10.9 Å². The molecule has 0 spiro atoms. The van der Waals surface area contributed by atoms with Crippen molar-refractivity contribution in [2.45, 2.75) is 23.9 Å². The molecule has 2 heterocycles. The van der Waals surface area contributed by atoms with Gasteiger partial charge in [-0.2, -0.15) is 4.31 Å². The molecule has 138 valence electrons. The normalized spacial score (nSPS) is 23.0. The zero-order valence-corrected chi connectivity index (χ0v) is 15.8. The van der Waals surface area contributed by atoms with Crippen LogP contribution in [0.5, 0.6) is 0 Å². The molecule has 3 rings (SSSR count). The van der Waals surface area contributed by atoms with Gasteiger partial charge in [0.15, 0.2) is 0 Å². The fourth-order valence-corrected chi connectivity index (χ4v) is 4.90. The second-order valence-corrected chi connectivity index (χ2v) is 8.79. The molecule has 0 unspecified atom stereocenters. The second kappa shape index (κ2) is 7.49. The first-order valence-electron chi connectivity index (χ1n) is 8.39. The van der Waals surface area contributed by atoms with Gasteiger partial charge < -0.3 is 15.1 Å². The van der Waals surface area contributed by atoms with Gasteiger partial charge in [-0.1, -0.05) is 11.6 Å². The number of amides is 2. The molecule has 1 aromatic rings. The maximum Gasteiger partial charge on any atom is 0.318 e. The summed E-state index contributed by atoms with van der Waals surface area (Å²) < 4.78 is 27.1. The zero-order chi connectivity index (χ0) is 18.0. The van der Waals surface area contributed by atoms with Gasteiger partial charge in [-0.15, -0.1) is 0 Å². The van der Waals surface area contributed by atoms with Crippen molar-refractivity contribution in [1.82, 2.24) is 19.4 Å². The van der Waals surface area contributed by atoms with E-state index >= 15 is 0 Å². The summed E-state index contributed by atoms with van der Waals surface area (Å²) in [4.78, 5) is 16.6. The van der Waals surface area contributed by atoms with Gasteiger partial charge in [0.05, 0.1) is 11.1 Å². The fourth-order valence-electron chi connectivity index (χ4n) is 3.16. The van der Waals surface area contributed by atoms with Crippen LogP contribution in [0.1, 0.15) is 12.8 Å². The van der Waals surface area contributed by atoms with Crippen molar-refractivity contribution in [3.05, 3.63) is 29.3 Å². The number of hydrogen-bond acceptors (Lipinski definition) is 4. The average molecular weight is 387 g/mol. The number of sulfonamides is 1. The summed E-state index contributed by atoms with van der Waals surface area (Å²) in [5, 5.41) is 3.38. The maximum absolute atomic E-state index is 12.9. The van der Waals surface area contributed by atoms with E-state index in [1.807, 2.05) is 7.05 Å². The first-order chi connectivity index (χ1) is 11.9. The summed E-state index contributed by atoms with van der Waals surface area (Å²) in [6, 6.07) is 5.91. The van der Waals surface area contributed by atoms with Crippen LogP contribution in [0.3, 0.4) is 0 Å². The van der Waals surface area contributed by atoms with E-state index < -0.39 is 16.2 Å². The van der Waals surface area contributed by atoms with E-state index in [1.165, 1.54) is 16.4 Å². The quantitative estimate of drug-likeness (QED) is 0.852. The van der Waals surface area contributed by atoms with Gasteiger partial charge >= 0.3 is 6.03 Å². The predicted octanol–water partition coefficient (Wildman–Crippen LogP) is 1.41. The van der Waals surface area contributed by atoms with Crippen molar-refractivity contribution in [2.75, 3.05) is 39.8 Å². The summed E-state index contributed by atoms with van der Waals surface area (Å²) in [7, 11) is -1.64. The lowest BCUT2D eigenvalue weighted by Gasteiger charge is -2.34. The third-order valence-corrected chi connectivity index (χ3v) is 6.88. The monoisotopic (exact) mass is 386 g/mol. The van der Waals surface area contributed by atoms with Crippen molar-refractivity contribution in [2.24, 2.45) is 0 Å². The minimum atomic E-state index is -3.66. The number of carbonyl (C=O) groups excluding carboxylic acids is 1. The van der Waals surface area contributed by atoms with E-state index in [4.69, 9.17) is 11.6 Å². The lowest BCUT2D eigenvalue weighted by Crippen LogP contribution is -2.55. The summed E-state index contributed by atoms with van der Waals surface area (Å²) >= 11 is 5.84. The molecule has 2 saturated heterocycles. The topological polar surface area (TPSA) is 73.0 Å². The second-order valence-electron chi connectivity index (χ2n) is 6.47. The summed E-state index contributed by atoms with van der Waals surface area (Å²) in [6.45, 7) is 3.35. The Balaban J connectivity index is 1.69. The van der Waals surface area contributed by atoms with Crippen LogP contribution in [-0.4, -0.2) is 74.5 Å². The van der Waals surface area contributed by atoms with Crippen LogP contribution >= 0.6 is 11.6 Å². The molecule has 1 N–H and O–H groups in total. The molecule has 2 amide bonds. The third-order valence-electron chi connectivity index (χ3n) is 4.70. The van der Waals surface area contributed by atoms with Crippen LogP contribution in [0, 0.1) is 0 Å². The molecule has 2 aliphatic heterocycles. The highest BCUT2D eigenvalue weighted by atomic mass is 35.5. The first-order valence-corrected chi connectivity index (χ1v) is 10.2. The molecule has 1 atom stereocenters. The number of carbonyl (C=O) groups is 1. The molecule has 9 heteroatoms. The molecule has 2 aliphatic rings. The molecule has 1 aromatic carbocycles. The molecular weight excluding hydrogens is 364 g/mol. The minimum absolute atomic E-state index is 0.192. The molecule has 2 fully saturated rings. The highest BCUT2D eigenvalue weighted by Gasteiger charge is 2.37. The number of urea groups is 1.